The molecule has 1 amide bonds. The fourth-order valence-corrected chi connectivity index (χ4v) is 4.09. The number of rotatable bonds is 4. The van der Waals surface area contributed by atoms with E-state index in [4.69, 9.17) is 4.74 Å². The van der Waals surface area contributed by atoms with E-state index in [9.17, 15) is 18.0 Å². The molecule has 10 heteroatoms. The predicted octanol–water partition coefficient (Wildman–Crippen LogP) is 4.64. The number of anilines is 1. The number of carbonyl (C=O) groups is 1. The predicted molar refractivity (Wildman–Crippen MR) is 120 cm³/mol. The summed E-state index contributed by atoms with van der Waals surface area (Å²) in [6, 6.07) is 10.0. The number of amides is 1. The lowest BCUT2D eigenvalue weighted by Crippen LogP contribution is -2.47. The van der Waals surface area contributed by atoms with Gasteiger partial charge < -0.3 is 9.30 Å². The van der Waals surface area contributed by atoms with Gasteiger partial charge in [-0.3, -0.25) is 20.2 Å². The van der Waals surface area contributed by atoms with Crippen LogP contribution in [0.5, 0.6) is 5.75 Å². The molecular formula is C24H20F3N5O2. The third-order valence-electron chi connectivity index (χ3n) is 5.54. The normalized spacial score (nSPS) is 13.2. The summed E-state index contributed by atoms with van der Waals surface area (Å²) < 4.78 is 49.6. The van der Waals surface area contributed by atoms with Gasteiger partial charge in [-0.1, -0.05) is 12.1 Å². The average molecular weight is 467 g/mol. The monoisotopic (exact) mass is 467 g/mol. The quantitative estimate of drug-likeness (QED) is 0.443. The molecule has 3 heterocycles. The van der Waals surface area contributed by atoms with Crippen LogP contribution in [0.2, 0.25) is 0 Å². The number of halogens is 3. The molecule has 2 aromatic carbocycles. The van der Waals surface area contributed by atoms with E-state index in [1.807, 2.05) is 38.1 Å². The average Bonchev–Trinajstić information content (AvgIpc) is 3.22. The van der Waals surface area contributed by atoms with Gasteiger partial charge in [0.2, 0.25) is 5.82 Å². The maximum absolute atomic E-state index is 14.6. The number of fused-ring (bicyclic) bond motifs is 2. The van der Waals surface area contributed by atoms with Crippen molar-refractivity contribution >= 4 is 22.6 Å². The summed E-state index contributed by atoms with van der Waals surface area (Å²) in [5, 5.41) is 1.67. The van der Waals surface area contributed by atoms with Crippen LogP contribution in [0.25, 0.3) is 22.3 Å². The second kappa shape index (κ2) is 8.36. The highest BCUT2D eigenvalue weighted by molar-refractivity contribution is 5.99. The topological polar surface area (TPSA) is 72.3 Å². The Kier molecular flexibility index (Phi) is 5.35. The van der Waals surface area contributed by atoms with Gasteiger partial charge in [0.15, 0.2) is 11.6 Å². The van der Waals surface area contributed by atoms with Crippen LogP contribution in [0.3, 0.4) is 0 Å². The number of hydrogen-bond acceptors (Lipinski definition) is 5. The minimum atomic E-state index is -1.33. The number of para-hydroxylation sites is 2. The molecule has 0 fully saturated rings. The smallest absolute Gasteiger partial charge is 0.305 e. The Bertz CT molecular complexity index is 1420. The number of hydrazine groups is 1. The van der Waals surface area contributed by atoms with Crippen LogP contribution in [0.1, 0.15) is 30.5 Å². The number of hydrogen-bond donors (Lipinski definition) is 1. The molecule has 0 bridgehead atoms. The molecule has 0 atom stereocenters. The fraction of sp³-hybridized carbons (Fsp3) is 0.208. The summed E-state index contributed by atoms with van der Waals surface area (Å²) in [6.07, 6.45) is 1.39. The van der Waals surface area contributed by atoms with Crippen molar-refractivity contribution < 1.29 is 22.7 Å². The first kappa shape index (κ1) is 21.7. The van der Waals surface area contributed by atoms with Crippen molar-refractivity contribution in [3.8, 4) is 17.0 Å². The van der Waals surface area contributed by atoms with Gasteiger partial charge in [0, 0.05) is 23.9 Å². The van der Waals surface area contributed by atoms with Crippen LogP contribution in [-0.4, -0.2) is 33.6 Å². The first-order chi connectivity index (χ1) is 16.3. The molecule has 0 saturated carbocycles. The first-order valence-corrected chi connectivity index (χ1v) is 10.7. The summed E-state index contributed by atoms with van der Waals surface area (Å²) in [6.45, 7) is 4.54. The van der Waals surface area contributed by atoms with Gasteiger partial charge in [0.1, 0.15) is 29.4 Å². The molecule has 0 radical (unpaired) electrons. The molecule has 0 spiro atoms. The molecular weight excluding hydrogens is 447 g/mol. The Labute approximate surface area is 192 Å². The second-order valence-electron chi connectivity index (χ2n) is 8.08. The molecule has 7 nitrogen and oxygen atoms in total. The molecule has 0 aliphatic carbocycles. The van der Waals surface area contributed by atoms with E-state index >= 15 is 0 Å². The van der Waals surface area contributed by atoms with Gasteiger partial charge in [-0.15, -0.1) is 0 Å². The maximum Gasteiger partial charge on any atom is 0.305 e. The SMILES string of the molecule is CC(C)n1c(C(=O)NN2CCOc3ccccc32)nc2c(-c3cc(F)cc(F)c3F)nccc21. The molecule has 4 aromatic rings. The van der Waals surface area contributed by atoms with Gasteiger partial charge in [-0.05, 0) is 38.1 Å². The minimum absolute atomic E-state index is 0.0560. The summed E-state index contributed by atoms with van der Waals surface area (Å²) in [4.78, 5) is 21.9. The molecule has 1 N–H and O–H groups in total. The molecule has 1 aliphatic heterocycles. The number of imidazole rings is 1. The van der Waals surface area contributed by atoms with Crippen molar-refractivity contribution in [3.05, 3.63) is 71.9 Å². The Morgan fingerprint density at radius 1 is 1.15 bits per heavy atom. The highest BCUT2D eigenvalue weighted by Gasteiger charge is 2.27. The van der Waals surface area contributed by atoms with Crippen molar-refractivity contribution in [1.82, 2.24) is 20.0 Å². The Hall–Kier alpha value is -4.08. The van der Waals surface area contributed by atoms with Gasteiger partial charge in [0.25, 0.3) is 0 Å². The molecule has 5 rings (SSSR count). The lowest BCUT2D eigenvalue weighted by Gasteiger charge is -2.31. The highest BCUT2D eigenvalue weighted by Crippen LogP contribution is 2.33. The Balaban J connectivity index is 1.61. The van der Waals surface area contributed by atoms with Crippen LogP contribution >= 0.6 is 0 Å². The van der Waals surface area contributed by atoms with Crippen molar-refractivity contribution in [2.75, 3.05) is 18.2 Å². The van der Waals surface area contributed by atoms with Gasteiger partial charge in [-0.25, -0.2) is 18.2 Å². The molecule has 0 saturated heterocycles. The minimum Gasteiger partial charge on any atom is -0.489 e. The standard InChI is InChI=1S/C24H20F3N5O2/c1-13(2)32-18-7-8-28-21(15-11-14(25)12-16(26)20(15)27)22(18)29-23(32)24(33)30-31-9-10-34-19-6-4-3-5-17(19)31/h3-8,11-13H,9-10H2,1-2H3,(H,30,33). The molecule has 2 aromatic heterocycles. The number of pyridine rings is 1. The van der Waals surface area contributed by atoms with E-state index in [1.165, 1.54) is 6.20 Å². The van der Waals surface area contributed by atoms with Gasteiger partial charge in [-0.2, -0.15) is 0 Å². The number of benzene rings is 2. The summed E-state index contributed by atoms with van der Waals surface area (Å²) in [7, 11) is 0. The highest BCUT2D eigenvalue weighted by atomic mass is 19.2. The van der Waals surface area contributed by atoms with Crippen molar-refractivity contribution in [1.29, 1.82) is 0 Å². The molecule has 1 aliphatic rings. The van der Waals surface area contributed by atoms with Gasteiger partial charge in [0.05, 0.1) is 17.7 Å². The number of aromatic nitrogens is 3. The van der Waals surface area contributed by atoms with Crippen molar-refractivity contribution in [2.45, 2.75) is 19.9 Å². The van der Waals surface area contributed by atoms with E-state index in [0.717, 1.165) is 6.07 Å². The Morgan fingerprint density at radius 2 is 1.94 bits per heavy atom. The summed E-state index contributed by atoms with van der Waals surface area (Å²) in [5.74, 6) is -3.32. The summed E-state index contributed by atoms with van der Waals surface area (Å²) in [5.41, 5.74) is 3.77. The van der Waals surface area contributed by atoms with Gasteiger partial charge >= 0.3 is 5.91 Å². The van der Waals surface area contributed by atoms with E-state index in [1.54, 1.807) is 15.6 Å². The molecule has 174 valence electrons. The fourth-order valence-electron chi connectivity index (χ4n) is 4.09. The Morgan fingerprint density at radius 3 is 2.74 bits per heavy atom. The lowest BCUT2D eigenvalue weighted by molar-refractivity contribution is 0.0929. The second-order valence-corrected chi connectivity index (χ2v) is 8.08. The first-order valence-electron chi connectivity index (χ1n) is 10.7. The van der Waals surface area contributed by atoms with Crippen LogP contribution in [-0.2, 0) is 0 Å². The zero-order valence-corrected chi connectivity index (χ0v) is 18.3. The molecule has 0 unspecified atom stereocenters. The maximum atomic E-state index is 14.6. The molecule has 34 heavy (non-hydrogen) atoms. The van der Waals surface area contributed by atoms with E-state index in [0.29, 0.717) is 36.2 Å². The number of nitrogens with one attached hydrogen (secondary N) is 1. The van der Waals surface area contributed by atoms with Crippen LogP contribution < -0.4 is 15.2 Å². The van der Waals surface area contributed by atoms with Crippen molar-refractivity contribution in [3.63, 3.8) is 0 Å². The van der Waals surface area contributed by atoms with Crippen molar-refractivity contribution in [2.24, 2.45) is 0 Å². The van der Waals surface area contributed by atoms with Crippen LogP contribution in [0.4, 0.5) is 18.9 Å². The summed E-state index contributed by atoms with van der Waals surface area (Å²) >= 11 is 0. The number of carbonyl (C=O) groups excluding carboxylic acids is 1. The zero-order valence-electron chi connectivity index (χ0n) is 18.3. The third kappa shape index (κ3) is 3.60. The number of nitrogens with zero attached hydrogens (tertiary/aromatic N) is 4. The third-order valence-corrected chi connectivity index (χ3v) is 5.54. The van der Waals surface area contributed by atoms with E-state index in [-0.39, 0.29) is 28.6 Å². The zero-order chi connectivity index (χ0) is 24.0. The van der Waals surface area contributed by atoms with E-state index in [2.05, 4.69) is 15.4 Å². The van der Waals surface area contributed by atoms with Crippen LogP contribution in [0.15, 0.2) is 48.7 Å². The lowest BCUT2D eigenvalue weighted by atomic mass is 10.1. The largest absolute Gasteiger partial charge is 0.489 e. The number of ether oxygens (including phenoxy) is 1. The van der Waals surface area contributed by atoms with Crippen LogP contribution in [0, 0.1) is 17.5 Å². The van der Waals surface area contributed by atoms with E-state index < -0.39 is 23.4 Å².